The molecule has 0 rings (SSSR count). The molecule has 0 aliphatic heterocycles. The Bertz CT molecular complexity index is 1310. The van der Waals surface area contributed by atoms with Crippen LogP contribution in [0, 0.1) is 0 Å². The minimum atomic E-state index is -4.66. The van der Waals surface area contributed by atoms with Gasteiger partial charge in [-0.1, -0.05) is 77.0 Å². The highest BCUT2D eigenvalue weighted by atomic mass is 31.2. The molecule has 0 bridgehead atoms. The van der Waals surface area contributed by atoms with Gasteiger partial charge in [-0.05, 0) is 117 Å². The lowest BCUT2D eigenvalue weighted by molar-refractivity contribution is -0.870. The van der Waals surface area contributed by atoms with Gasteiger partial charge < -0.3 is 44.4 Å². The molecule has 0 amide bonds. The molecule has 0 aromatic rings. The third-order valence-electron chi connectivity index (χ3n) is 9.63. The SMILES string of the molecule is C[N+](C)(C)CCOP(=O)([O-])OCC(COC(=O)CCCCCCCCC[Si](C)(C)O[Si](C)(C)O[Si](C)(C)C)OC(=O)CCCCCCCCC[Si](C)(C)O[Si](C)(C)O[Si](C)(C)C. The molecule has 370 valence electrons. The third kappa shape index (κ3) is 39.3. The van der Waals surface area contributed by atoms with Crippen LogP contribution in [0.5, 0.6) is 0 Å². The smallest absolute Gasteiger partial charge is 0.311 e. The second-order valence-corrected chi connectivity index (χ2v) is 49.1. The summed E-state index contributed by atoms with van der Waals surface area (Å²) >= 11 is 0. The molecule has 2 atom stereocenters. The summed E-state index contributed by atoms with van der Waals surface area (Å²) in [5.74, 6) is -0.884. The minimum Gasteiger partial charge on any atom is -0.756 e. The van der Waals surface area contributed by atoms with Crippen LogP contribution in [0.2, 0.25) is 104 Å². The number of nitrogens with zero attached hydrogens (tertiary/aromatic N) is 1. The van der Waals surface area contributed by atoms with Gasteiger partial charge in [0.25, 0.3) is 7.82 Å². The van der Waals surface area contributed by atoms with Gasteiger partial charge in [-0.15, -0.1) is 0 Å². The largest absolute Gasteiger partial charge is 0.756 e. The molecule has 0 heterocycles. The van der Waals surface area contributed by atoms with Crippen molar-refractivity contribution in [3.05, 3.63) is 0 Å². The Morgan fingerprint density at radius 3 is 1.27 bits per heavy atom. The molecule has 62 heavy (non-hydrogen) atoms. The van der Waals surface area contributed by atoms with E-state index in [1.807, 2.05) is 21.1 Å². The lowest BCUT2D eigenvalue weighted by Crippen LogP contribution is -2.51. The van der Waals surface area contributed by atoms with Crippen molar-refractivity contribution in [1.29, 1.82) is 0 Å². The zero-order valence-corrected chi connectivity index (χ0v) is 49.8. The second kappa shape index (κ2) is 29.1. The lowest BCUT2D eigenvalue weighted by atomic mass is 10.1. The molecule has 0 radical (unpaired) electrons. The maximum absolute atomic E-state index is 12.8. The van der Waals surface area contributed by atoms with Gasteiger partial charge in [0.05, 0.1) is 27.7 Å². The van der Waals surface area contributed by atoms with E-state index in [0.29, 0.717) is 23.9 Å². The summed E-state index contributed by atoms with van der Waals surface area (Å²) in [4.78, 5) is 37.9. The Hall–Kier alpha value is 0.151. The molecule has 0 aromatic heterocycles. The van der Waals surface area contributed by atoms with Crippen LogP contribution in [0.4, 0.5) is 0 Å². The van der Waals surface area contributed by atoms with E-state index < -0.39 is 82.9 Å². The Morgan fingerprint density at radius 2 is 0.887 bits per heavy atom. The summed E-state index contributed by atoms with van der Waals surface area (Å²) in [6.07, 6.45) is 13.8. The molecule has 0 fully saturated rings. The summed E-state index contributed by atoms with van der Waals surface area (Å²) in [5, 5.41) is 0. The number of hydrogen-bond donors (Lipinski definition) is 0. The predicted octanol–water partition coefficient (Wildman–Crippen LogP) is 11.4. The number of carbonyl (C=O) groups is 2. The van der Waals surface area contributed by atoms with Gasteiger partial charge in [0.15, 0.2) is 39.4 Å². The molecule has 13 nitrogen and oxygen atoms in total. The lowest BCUT2D eigenvalue weighted by Gasteiger charge is -2.37. The fourth-order valence-corrected chi connectivity index (χ4v) is 34.9. The molecule has 0 saturated heterocycles. The average Bonchev–Trinajstić information content (AvgIpc) is 3.03. The number of esters is 2. The van der Waals surface area contributed by atoms with Gasteiger partial charge in [-0.3, -0.25) is 14.2 Å². The Morgan fingerprint density at radius 1 is 0.516 bits per heavy atom. The number of hydrogen-bond acceptors (Lipinski definition) is 12. The van der Waals surface area contributed by atoms with Crippen LogP contribution in [0.25, 0.3) is 0 Å². The van der Waals surface area contributed by atoms with Crippen LogP contribution >= 0.6 is 7.82 Å². The number of phosphoric acid groups is 1. The number of quaternary nitrogens is 1. The highest BCUT2D eigenvalue weighted by Gasteiger charge is 2.39. The highest BCUT2D eigenvalue weighted by molar-refractivity contribution is 7.45. The number of ether oxygens (including phenoxy) is 2. The van der Waals surface area contributed by atoms with Crippen LogP contribution < -0.4 is 4.89 Å². The number of unbranched alkanes of at least 4 members (excludes halogenated alkanes) is 12. The first-order valence-electron chi connectivity index (χ1n) is 23.7. The zero-order valence-electron chi connectivity index (χ0n) is 42.9. The summed E-state index contributed by atoms with van der Waals surface area (Å²) in [7, 11) is -9.96. The standard InChI is InChI=1S/C42H96NO12PSi6/c1-43(2,3)34-35-49-56(46,47)50-39-40(51-42(45)33-29-25-21-19-23-27-31-37-60(12,13)55-62(16,17)53-58(7,8)9)38-48-41(44)32-28-24-20-18-22-26-30-36-59(10,11)54-61(14,15)52-57(4,5)6/h40H,18-39H2,1-17H3. The van der Waals surface area contributed by atoms with E-state index in [2.05, 4.69) is 91.7 Å². The van der Waals surface area contributed by atoms with Gasteiger partial charge in [-0.25, -0.2) is 0 Å². The molecular weight excluding hydrogens is 910 g/mol. The topological polar surface area (TPSA) is 148 Å². The van der Waals surface area contributed by atoms with E-state index in [4.69, 9.17) is 35.0 Å². The van der Waals surface area contributed by atoms with Crippen molar-refractivity contribution in [2.45, 2.75) is 213 Å². The summed E-state index contributed by atoms with van der Waals surface area (Å²) in [5.41, 5.74) is 0. The molecule has 0 aliphatic rings. The Kier molecular flexibility index (Phi) is 29.2. The van der Waals surface area contributed by atoms with E-state index >= 15 is 0 Å². The van der Waals surface area contributed by atoms with Crippen molar-refractivity contribution < 1.29 is 58.5 Å². The van der Waals surface area contributed by atoms with Crippen LogP contribution in [0.3, 0.4) is 0 Å². The maximum Gasteiger partial charge on any atom is 0.311 e. The minimum absolute atomic E-state index is 0.0466. The van der Waals surface area contributed by atoms with Gasteiger partial charge in [0.1, 0.15) is 19.8 Å². The van der Waals surface area contributed by atoms with Crippen molar-refractivity contribution in [1.82, 2.24) is 0 Å². The first-order chi connectivity index (χ1) is 28.1. The van der Waals surface area contributed by atoms with Crippen molar-refractivity contribution in [2.24, 2.45) is 0 Å². The molecule has 0 saturated carbocycles. The number of carbonyl (C=O) groups excluding carboxylic acids is 2. The Labute approximate surface area is 387 Å². The molecule has 0 aliphatic carbocycles. The summed E-state index contributed by atoms with van der Waals surface area (Å²) in [6.45, 7) is 30.9. The van der Waals surface area contributed by atoms with Gasteiger partial charge in [0, 0.05) is 12.8 Å². The molecule has 0 N–H and O–H groups in total. The number of likely N-dealkylation sites (N-methyl/N-ethyl adjacent to an activating group) is 1. The monoisotopic (exact) mass is 1010 g/mol. The summed E-state index contributed by atoms with van der Waals surface area (Å²) < 4.78 is 60.2. The van der Waals surface area contributed by atoms with E-state index in [1.165, 1.54) is 6.42 Å². The van der Waals surface area contributed by atoms with Gasteiger partial charge >= 0.3 is 29.1 Å². The van der Waals surface area contributed by atoms with Crippen LogP contribution in [0.1, 0.15) is 103 Å². The first-order valence-corrected chi connectivity index (χ1v) is 43.8. The molecule has 20 heteroatoms. The third-order valence-corrected chi connectivity index (χ3v) is 30.9. The van der Waals surface area contributed by atoms with Crippen molar-refractivity contribution in [3.63, 3.8) is 0 Å². The normalized spacial score (nSPS) is 15.1. The second-order valence-electron chi connectivity index (χ2n) is 22.3. The first kappa shape index (κ1) is 62.2. The van der Waals surface area contributed by atoms with Gasteiger partial charge in [0.2, 0.25) is 0 Å². The number of rotatable bonds is 38. The highest BCUT2D eigenvalue weighted by Crippen LogP contribution is 2.38. The van der Waals surface area contributed by atoms with Crippen molar-refractivity contribution >= 4 is 70.2 Å². The fourth-order valence-electron chi connectivity index (χ4n) is 7.61. The average molecular weight is 1010 g/mol. The predicted molar refractivity (Wildman–Crippen MR) is 268 cm³/mol. The molecule has 2 unspecified atom stereocenters. The van der Waals surface area contributed by atoms with E-state index in [0.717, 1.165) is 82.7 Å². The molecule has 0 aromatic carbocycles. The fraction of sp³-hybridized carbons (Fsp3) is 0.952. The van der Waals surface area contributed by atoms with Crippen molar-refractivity contribution in [2.75, 3.05) is 47.5 Å². The van der Waals surface area contributed by atoms with E-state index in [9.17, 15) is 19.0 Å². The maximum atomic E-state index is 12.8. The van der Waals surface area contributed by atoms with Crippen LogP contribution in [0.15, 0.2) is 0 Å². The van der Waals surface area contributed by atoms with Crippen LogP contribution in [-0.4, -0.2) is 120 Å². The van der Waals surface area contributed by atoms with Gasteiger partial charge in [-0.2, -0.15) is 0 Å². The molecule has 0 spiro atoms. The quantitative estimate of drug-likeness (QED) is 0.0191. The summed E-state index contributed by atoms with van der Waals surface area (Å²) in [6, 6.07) is 2.26. The zero-order chi connectivity index (χ0) is 47.9. The Balaban J connectivity index is 4.66. The van der Waals surface area contributed by atoms with E-state index in [1.54, 1.807) is 0 Å². The van der Waals surface area contributed by atoms with Crippen molar-refractivity contribution in [3.8, 4) is 0 Å². The van der Waals surface area contributed by atoms with E-state index in [-0.39, 0.29) is 26.1 Å². The van der Waals surface area contributed by atoms with Crippen LogP contribution in [-0.2, 0) is 49.1 Å². The number of phosphoric ester groups is 1. The molecular formula is C42H96NO12PSi6.